The second kappa shape index (κ2) is 8.04. The van der Waals surface area contributed by atoms with Crippen molar-refractivity contribution in [1.29, 1.82) is 0 Å². The maximum Gasteiger partial charge on any atom is 0.264 e. The molecule has 0 spiro atoms. The Bertz CT molecular complexity index is 1250. The van der Waals surface area contributed by atoms with Crippen LogP contribution in [0.1, 0.15) is 16.1 Å². The Morgan fingerprint density at radius 3 is 2.67 bits per heavy atom. The van der Waals surface area contributed by atoms with Crippen molar-refractivity contribution in [1.82, 2.24) is 19.7 Å². The topological polar surface area (TPSA) is 81.9 Å². The van der Waals surface area contributed by atoms with Gasteiger partial charge in [0.1, 0.15) is 0 Å². The lowest BCUT2D eigenvalue weighted by Crippen LogP contribution is -2.20. The Kier molecular flexibility index (Phi) is 5.44. The molecule has 0 bridgehead atoms. The van der Waals surface area contributed by atoms with Gasteiger partial charge in [0, 0.05) is 28.2 Å². The van der Waals surface area contributed by atoms with Crippen LogP contribution in [0.25, 0.3) is 22.3 Å². The number of anilines is 1. The van der Waals surface area contributed by atoms with E-state index in [9.17, 15) is 4.79 Å². The number of aryl methyl sites for hydroxylation is 4. The molecule has 1 aromatic carbocycles. The average molecular weight is 442 g/mol. The number of carbonyl (C=O) groups is 1. The summed E-state index contributed by atoms with van der Waals surface area (Å²) < 4.78 is 7.37. The minimum absolute atomic E-state index is 0.172. The predicted octanol–water partition coefficient (Wildman–Crippen LogP) is 4.69. The molecule has 1 N–H and O–H groups in total. The fourth-order valence-corrected chi connectivity index (χ4v) is 4.24. The molecule has 0 aliphatic carbocycles. The number of ether oxygens (including phenoxy) is 1. The van der Waals surface area contributed by atoms with E-state index in [1.54, 1.807) is 11.7 Å². The highest BCUT2D eigenvalue weighted by atomic mass is 35.5. The summed E-state index contributed by atoms with van der Waals surface area (Å²) >= 11 is 7.37. The minimum atomic E-state index is -0.303. The number of thiazole rings is 1. The van der Waals surface area contributed by atoms with Gasteiger partial charge in [-0.15, -0.1) is 16.4 Å². The summed E-state index contributed by atoms with van der Waals surface area (Å²) in [5.74, 6) is 0.0905. The van der Waals surface area contributed by atoms with Crippen molar-refractivity contribution in [3.8, 4) is 17.1 Å². The first-order valence-corrected chi connectivity index (χ1v) is 10.5. The molecule has 154 valence electrons. The number of carbonyl (C=O) groups excluding carboxylic acids is 1. The van der Waals surface area contributed by atoms with E-state index >= 15 is 0 Å². The Morgan fingerprint density at radius 1 is 1.20 bits per heavy atom. The summed E-state index contributed by atoms with van der Waals surface area (Å²) in [7, 11) is 1.80. The highest BCUT2D eigenvalue weighted by Gasteiger charge is 2.17. The summed E-state index contributed by atoms with van der Waals surface area (Å²) in [6.07, 6.45) is 0. The van der Waals surface area contributed by atoms with E-state index in [1.807, 2.05) is 51.1 Å². The van der Waals surface area contributed by atoms with E-state index in [0.29, 0.717) is 16.0 Å². The Balaban J connectivity index is 1.47. The molecule has 0 aliphatic heterocycles. The number of halogens is 1. The molecule has 7 nitrogen and oxygen atoms in total. The Labute approximate surface area is 182 Å². The van der Waals surface area contributed by atoms with Crippen LogP contribution in [0.2, 0.25) is 5.02 Å². The van der Waals surface area contributed by atoms with Crippen LogP contribution >= 0.6 is 22.9 Å². The van der Waals surface area contributed by atoms with E-state index in [-0.39, 0.29) is 12.5 Å². The van der Waals surface area contributed by atoms with Gasteiger partial charge in [-0.25, -0.2) is 14.6 Å². The molecule has 0 saturated carbocycles. The molecule has 1 amide bonds. The van der Waals surface area contributed by atoms with Crippen LogP contribution < -0.4 is 10.1 Å². The van der Waals surface area contributed by atoms with Crippen molar-refractivity contribution in [3.05, 3.63) is 51.5 Å². The van der Waals surface area contributed by atoms with E-state index in [2.05, 4.69) is 20.4 Å². The van der Waals surface area contributed by atoms with Crippen molar-refractivity contribution >= 4 is 45.0 Å². The number of hydrogen-bond donors (Lipinski definition) is 1. The van der Waals surface area contributed by atoms with Crippen LogP contribution in [0, 0.1) is 20.8 Å². The SMILES string of the molecule is Cc1cc(C)c2c(OCC(=O)Nc3nc(-c4ccc(Cl)cc4)c(C)s3)nn(C)c2n1. The van der Waals surface area contributed by atoms with Gasteiger partial charge in [-0.05, 0) is 44.5 Å². The van der Waals surface area contributed by atoms with Crippen molar-refractivity contribution in [2.24, 2.45) is 7.05 Å². The molecule has 4 aromatic rings. The zero-order chi connectivity index (χ0) is 21.4. The zero-order valence-electron chi connectivity index (χ0n) is 17.0. The number of pyridine rings is 1. The first kappa shape index (κ1) is 20.3. The van der Waals surface area contributed by atoms with E-state index in [0.717, 1.165) is 38.4 Å². The third-order valence-corrected chi connectivity index (χ3v) is 5.73. The van der Waals surface area contributed by atoms with Crippen molar-refractivity contribution < 1.29 is 9.53 Å². The van der Waals surface area contributed by atoms with Crippen molar-refractivity contribution in [3.63, 3.8) is 0 Å². The number of benzene rings is 1. The number of hydrogen-bond acceptors (Lipinski definition) is 6. The van der Waals surface area contributed by atoms with Gasteiger partial charge in [0.2, 0.25) is 5.88 Å². The molecule has 3 aromatic heterocycles. The number of rotatable bonds is 5. The van der Waals surface area contributed by atoms with Gasteiger partial charge in [0.25, 0.3) is 5.91 Å². The van der Waals surface area contributed by atoms with Crippen LogP contribution in [0.5, 0.6) is 5.88 Å². The molecule has 0 saturated heterocycles. The molecule has 4 rings (SSSR count). The molecule has 0 aliphatic rings. The zero-order valence-corrected chi connectivity index (χ0v) is 18.6. The molecular formula is C21H20ClN5O2S. The predicted molar refractivity (Wildman–Crippen MR) is 119 cm³/mol. The third kappa shape index (κ3) is 4.01. The quantitative estimate of drug-likeness (QED) is 0.486. The molecule has 0 fully saturated rings. The molecule has 0 unspecified atom stereocenters. The van der Waals surface area contributed by atoms with Crippen LogP contribution in [-0.4, -0.2) is 32.3 Å². The highest BCUT2D eigenvalue weighted by molar-refractivity contribution is 7.16. The Hall–Kier alpha value is -2.97. The van der Waals surface area contributed by atoms with Gasteiger partial charge in [0.05, 0.1) is 11.1 Å². The lowest BCUT2D eigenvalue weighted by Gasteiger charge is -2.05. The van der Waals surface area contributed by atoms with Crippen LogP contribution in [0.3, 0.4) is 0 Å². The number of nitrogens with one attached hydrogen (secondary N) is 1. The van der Waals surface area contributed by atoms with E-state index in [4.69, 9.17) is 16.3 Å². The van der Waals surface area contributed by atoms with Gasteiger partial charge >= 0.3 is 0 Å². The molecule has 9 heteroatoms. The fraction of sp³-hybridized carbons (Fsp3) is 0.238. The maximum atomic E-state index is 12.4. The third-order valence-electron chi connectivity index (χ3n) is 4.59. The molecule has 0 radical (unpaired) electrons. The lowest BCUT2D eigenvalue weighted by molar-refractivity contribution is -0.118. The molecule has 3 heterocycles. The van der Waals surface area contributed by atoms with Gasteiger partial charge in [-0.2, -0.15) is 0 Å². The lowest BCUT2D eigenvalue weighted by atomic mass is 10.1. The van der Waals surface area contributed by atoms with Gasteiger partial charge in [-0.1, -0.05) is 23.7 Å². The average Bonchev–Trinajstić information content (AvgIpc) is 3.20. The van der Waals surface area contributed by atoms with Gasteiger partial charge < -0.3 is 4.74 Å². The summed E-state index contributed by atoms with van der Waals surface area (Å²) in [6, 6.07) is 9.41. The molecule has 0 atom stereocenters. The highest BCUT2D eigenvalue weighted by Crippen LogP contribution is 2.31. The number of fused-ring (bicyclic) bond motifs is 1. The second-order valence-corrected chi connectivity index (χ2v) is 8.62. The van der Waals surface area contributed by atoms with Gasteiger partial charge in [0.15, 0.2) is 17.4 Å². The van der Waals surface area contributed by atoms with E-state index < -0.39 is 0 Å². The normalized spacial score (nSPS) is 11.1. The smallest absolute Gasteiger partial charge is 0.264 e. The number of amides is 1. The van der Waals surface area contributed by atoms with Crippen molar-refractivity contribution in [2.75, 3.05) is 11.9 Å². The summed E-state index contributed by atoms with van der Waals surface area (Å²) in [5.41, 5.74) is 4.40. The number of nitrogens with zero attached hydrogens (tertiary/aromatic N) is 4. The summed E-state index contributed by atoms with van der Waals surface area (Å²) in [6.45, 7) is 5.70. The Morgan fingerprint density at radius 2 is 1.93 bits per heavy atom. The van der Waals surface area contributed by atoms with Gasteiger partial charge in [-0.3, -0.25) is 10.1 Å². The van der Waals surface area contributed by atoms with Crippen molar-refractivity contribution in [2.45, 2.75) is 20.8 Å². The van der Waals surface area contributed by atoms with Crippen LogP contribution in [0.15, 0.2) is 30.3 Å². The van der Waals surface area contributed by atoms with Crippen LogP contribution in [0.4, 0.5) is 5.13 Å². The molecular weight excluding hydrogens is 422 g/mol. The first-order valence-electron chi connectivity index (χ1n) is 9.29. The largest absolute Gasteiger partial charge is 0.466 e. The molecule has 30 heavy (non-hydrogen) atoms. The maximum absolute atomic E-state index is 12.4. The minimum Gasteiger partial charge on any atom is -0.466 e. The summed E-state index contributed by atoms with van der Waals surface area (Å²) in [4.78, 5) is 22.5. The van der Waals surface area contributed by atoms with E-state index in [1.165, 1.54) is 11.3 Å². The standard InChI is InChI=1S/C21H20ClN5O2S/c1-11-9-12(2)23-19-17(11)20(26-27(19)4)29-10-16(28)24-21-25-18(13(3)30-21)14-5-7-15(22)8-6-14/h5-9H,10H2,1-4H3,(H,24,25,28). The fourth-order valence-electron chi connectivity index (χ4n) is 3.26. The van der Waals surface area contributed by atoms with Crippen LogP contribution in [-0.2, 0) is 11.8 Å². The summed E-state index contributed by atoms with van der Waals surface area (Å²) in [5, 5.41) is 9.16. The number of aromatic nitrogens is 4. The second-order valence-electron chi connectivity index (χ2n) is 6.98. The first-order chi connectivity index (χ1) is 14.3. The monoisotopic (exact) mass is 441 g/mol.